The highest BCUT2D eigenvalue weighted by Crippen LogP contribution is 2.23. The van der Waals surface area contributed by atoms with Crippen LogP contribution in [0.25, 0.3) is 0 Å². The molecule has 2 unspecified atom stereocenters. The molecule has 0 aliphatic carbocycles. The molecule has 3 rings (SSSR count). The van der Waals surface area contributed by atoms with Crippen LogP contribution in [-0.2, 0) is 10.0 Å². The Hall–Kier alpha value is -0.950. The van der Waals surface area contributed by atoms with Gasteiger partial charge < -0.3 is 5.32 Å². The van der Waals surface area contributed by atoms with Crippen molar-refractivity contribution in [3.8, 4) is 0 Å². The van der Waals surface area contributed by atoms with Gasteiger partial charge in [-0.05, 0) is 43.0 Å². The SMILES string of the molecule is CCC(C)c1ccc(S(=O)(=O)N2CCN(C3CCNC3)CC2)cc1. The Kier molecular flexibility index (Phi) is 5.59. The maximum absolute atomic E-state index is 12.9. The van der Waals surface area contributed by atoms with E-state index in [1.807, 2.05) is 12.1 Å². The van der Waals surface area contributed by atoms with Crippen LogP contribution >= 0.6 is 0 Å². The van der Waals surface area contributed by atoms with E-state index in [1.54, 1.807) is 16.4 Å². The van der Waals surface area contributed by atoms with Gasteiger partial charge in [-0.3, -0.25) is 4.90 Å². The zero-order valence-electron chi connectivity index (χ0n) is 14.7. The molecule has 2 heterocycles. The first kappa shape index (κ1) is 17.9. The van der Waals surface area contributed by atoms with E-state index >= 15 is 0 Å². The van der Waals surface area contributed by atoms with Gasteiger partial charge in [-0.1, -0.05) is 26.0 Å². The van der Waals surface area contributed by atoms with Gasteiger partial charge in [-0.25, -0.2) is 8.42 Å². The predicted octanol–water partition coefficient (Wildman–Crippen LogP) is 1.87. The van der Waals surface area contributed by atoms with Crippen LogP contribution in [0, 0.1) is 0 Å². The summed E-state index contributed by atoms with van der Waals surface area (Å²) in [4.78, 5) is 2.85. The number of sulfonamides is 1. The molecule has 2 atom stereocenters. The van der Waals surface area contributed by atoms with E-state index in [-0.39, 0.29) is 0 Å². The maximum atomic E-state index is 12.9. The molecular formula is C18H29N3O2S. The summed E-state index contributed by atoms with van der Waals surface area (Å²) in [6, 6.07) is 8.03. The molecule has 1 aromatic carbocycles. The first-order valence-corrected chi connectivity index (χ1v) is 10.5. The molecule has 2 saturated heterocycles. The van der Waals surface area contributed by atoms with Crippen molar-refractivity contribution in [3.63, 3.8) is 0 Å². The Morgan fingerprint density at radius 2 is 1.83 bits per heavy atom. The third kappa shape index (κ3) is 3.67. The Bertz CT molecular complexity index is 631. The average molecular weight is 352 g/mol. The molecule has 0 amide bonds. The first-order chi connectivity index (χ1) is 11.5. The Morgan fingerprint density at radius 3 is 2.38 bits per heavy atom. The molecule has 0 radical (unpaired) electrons. The summed E-state index contributed by atoms with van der Waals surface area (Å²) in [5.74, 6) is 0.463. The largest absolute Gasteiger partial charge is 0.315 e. The number of piperazine rings is 1. The topological polar surface area (TPSA) is 52.7 Å². The van der Waals surface area contributed by atoms with Crippen LogP contribution in [0.2, 0.25) is 0 Å². The van der Waals surface area contributed by atoms with Crippen LogP contribution in [0.15, 0.2) is 29.2 Å². The number of benzene rings is 1. The van der Waals surface area contributed by atoms with Crippen molar-refractivity contribution in [2.24, 2.45) is 0 Å². The minimum atomic E-state index is -3.37. The van der Waals surface area contributed by atoms with E-state index in [0.717, 1.165) is 32.6 Å². The summed E-state index contributed by atoms with van der Waals surface area (Å²) in [5.41, 5.74) is 1.20. The van der Waals surface area contributed by atoms with Gasteiger partial charge in [0.05, 0.1) is 4.90 Å². The summed E-state index contributed by atoms with van der Waals surface area (Å²) < 4.78 is 27.4. The maximum Gasteiger partial charge on any atom is 0.243 e. The molecule has 24 heavy (non-hydrogen) atoms. The average Bonchev–Trinajstić information content (AvgIpc) is 3.16. The minimum Gasteiger partial charge on any atom is -0.315 e. The molecular weight excluding hydrogens is 322 g/mol. The summed E-state index contributed by atoms with van der Waals surface area (Å²) >= 11 is 0. The van der Waals surface area contributed by atoms with Gasteiger partial charge in [0, 0.05) is 38.8 Å². The molecule has 5 nitrogen and oxygen atoms in total. The standard InChI is InChI=1S/C18H29N3O2S/c1-3-15(2)16-4-6-18(7-5-16)24(22,23)21-12-10-20(11-13-21)17-8-9-19-14-17/h4-7,15,17,19H,3,8-14H2,1-2H3. The van der Waals surface area contributed by atoms with Crippen molar-refractivity contribution in [1.29, 1.82) is 0 Å². The van der Waals surface area contributed by atoms with E-state index in [1.165, 1.54) is 12.0 Å². The Balaban J connectivity index is 1.65. The van der Waals surface area contributed by atoms with Crippen LogP contribution < -0.4 is 5.32 Å². The molecule has 0 spiro atoms. The number of nitrogens with one attached hydrogen (secondary N) is 1. The fourth-order valence-corrected chi connectivity index (χ4v) is 5.04. The van der Waals surface area contributed by atoms with Crippen molar-refractivity contribution >= 4 is 10.0 Å². The lowest BCUT2D eigenvalue weighted by atomic mass is 9.99. The van der Waals surface area contributed by atoms with Gasteiger partial charge in [0.2, 0.25) is 10.0 Å². The number of hydrogen-bond donors (Lipinski definition) is 1. The molecule has 6 heteroatoms. The smallest absolute Gasteiger partial charge is 0.243 e. The fourth-order valence-electron chi connectivity index (χ4n) is 3.61. The molecule has 0 aromatic heterocycles. The summed E-state index contributed by atoms with van der Waals surface area (Å²) in [7, 11) is -3.37. The van der Waals surface area contributed by atoms with Crippen LogP contribution in [0.3, 0.4) is 0 Å². The van der Waals surface area contributed by atoms with E-state index in [0.29, 0.717) is 29.9 Å². The first-order valence-electron chi connectivity index (χ1n) is 9.07. The monoisotopic (exact) mass is 351 g/mol. The number of hydrogen-bond acceptors (Lipinski definition) is 4. The molecule has 2 aliphatic heterocycles. The number of rotatable bonds is 5. The van der Waals surface area contributed by atoms with Gasteiger partial charge in [0.1, 0.15) is 0 Å². The predicted molar refractivity (Wildman–Crippen MR) is 96.8 cm³/mol. The fraction of sp³-hybridized carbons (Fsp3) is 0.667. The Labute approximate surface area is 146 Å². The van der Waals surface area contributed by atoms with Crippen molar-refractivity contribution in [2.75, 3.05) is 39.3 Å². The second-order valence-corrected chi connectivity index (χ2v) is 8.90. The lowest BCUT2D eigenvalue weighted by Gasteiger charge is -2.37. The quantitative estimate of drug-likeness (QED) is 0.880. The normalized spacial score (nSPS) is 25.0. The van der Waals surface area contributed by atoms with Crippen LogP contribution in [-0.4, -0.2) is 62.9 Å². The second kappa shape index (κ2) is 7.52. The minimum absolute atomic E-state index is 0.422. The second-order valence-electron chi connectivity index (χ2n) is 6.97. The zero-order valence-corrected chi connectivity index (χ0v) is 15.6. The molecule has 1 aromatic rings. The lowest BCUT2D eigenvalue weighted by molar-refractivity contribution is 0.145. The van der Waals surface area contributed by atoms with Gasteiger partial charge >= 0.3 is 0 Å². The third-order valence-corrected chi connectivity index (χ3v) is 7.44. The third-order valence-electron chi connectivity index (χ3n) is 5.52. The highest BCUT2D eigenvalue weighted by molar-refractivity contribution is 7.89. The summed E-state index contributed by atoms with van der Waals surface area (Å²) in [6.07, 6.45) is 2.23. The van der Waals surface area contributed by atoms with Gasteiger partial charge in [-0.15, -0.1) is 0 Å². The summed E-state index contributed by atoms with van der Waals surface area (Å²) in [5, 5.41) is 3.38. The van der Waals surface area contributed by atoms with E-state index in [9.17, 15) is 8.42 Å². The van der Waals surface area contributed by atoms with Crippen LogP contribution in [0.5, 0.6) is 0 Å². The van der Waals surface area contributed by atoms with Gasteiger partial charge in [0.25, 0.3) is 0 Å². The van der Waals surface area contributed by atoms with Crippen molar-refractivity contribution < 1.29 is 8.42 Å². The highest BCUT2D eigenvalue weighted by Gasteiger charge is 2.31. The molecule has 2 fully saturated rings. The summed E-state index contributed by atoms with van der Waals surface area (Å²) in [6.45, 7) is 9.26. The van der Waals surface area contributed by atoms with Gasteiger partial charge in [0.15, 0.2) is 0 Å². The van der Waals surface area contributed by atoms with E-state index < -0.39 is 10.0 Å². The zero-order chi connectivity index (χ0) is 17.2. The van der Waals surface area contributed by atoms with Crippen LogP contribution in [0.1, 0.15) is 38.2 Å². The van der Waals surface area contributed by atoms with E-state index in [4.69, 9.17) is 0 Å². The number of nitrogens with zero attached hydrogens (tertiary/aromatic N) is 2. The lowest BCUT2D eigenvalue weighted by Crippen LogP contribution is -2.52. The van der Waals surface area contributed by atoms with Gasteiger partial charge in [-0.2, -0.15) is 4.31 Å². The Morgan fingerprint density at radius 1 is 1.17 bits per heavy atom. The molecule has 1 N–H and O–H groups in total. The van der Waals surface area contributed by atoms with Crippen LogP contribution in [0.4, 0.5) is 0 Å². The van der Waals surface area contributed by atoms with Crippen molar-refractivity contribution in [2.45, 2.75) is 43.5 Å². The highest BCUT2D eigenvalue weighted by atomic mass is 32.2. The molecule has 0 bridgehead atoms. The molecule has 2 aliphatic rings. The van der Waals surface area contributed by atoms with Crippen molar-refractivity contribution in [1.82, 2.24) is 14.5 Å². The molecule has 134 valence electrons. The van der Waals surface area contributed by atoms with Crippen molar-refractivity contribution in [3.05, 3.63) is 29.8 Å². The molecule has 0 saturated carbocycles. The van der Waals surface area contributed by atoms with E-state index in [2.05, 4.69) is 24.1 Å².